The van der Waals surface area contributed by atoms with E-state index in [1.165, 1.54) is 70.6 Å². The van der Waals surface area contributed by atoms with Crippen LogP contribution in [0.1, 0.15) is 142 Å². The Hall–Kier alpha value is -1.89. The minimum absolute atomic E-state index is 0.174. The molecule has 7 nitrogen and oxygen atoms in total. The van der Waals surface area contributed by atoms with Gasteiger partial charge >= 0.3 is 17.9 Å². The molecule has 0 amide bonds. The third-order valence-electron chi connectivity index (χ3n) is 7.46. The summed E-state index contributed by atoms with van der Waals surface area (Å²) in [4.78, 5) is 32.9. The monoisotopic (exact) mass is 540 g/mol. The molecule has 0 saturated heterocycles. The fourth-order valence-corrected chi connectivity index (χ4v) is 5.17. The Morgan fingerprint density at radius 3 is 1.16 bits per heavy atom. The Morgan fingerprint density at radius 1 is 0.474 bits per heavy atom. The van der Waals surface area contributed by atoms with Crippen molar-refractivity contribution in [2.75, 3.05) is 26.2 Å². The van der Waals surface area contributed by atoms with Crippen LogP contribution in [0.4, 0.5) is 0 Å². The number of carboxylic acid groups (broad SMARTS) is 3. The zero-order chi connectivity index (χ0) is 28.3. The van der Waals surface area contributed by atoms with Gasteiger partial charge in [-0.25, -0.2) is 0 Å². The van der Waals surface area contributed by atoms with Crippen LogP contribution < -0.4 is 0 Å². The second kappa shape index (κ2) is 25.4. The first-order valence-corrected chi connectivity index (χ1v) is 15.5. The van der Waals surface area contributed by atoms with Crippen molar-refractivity contribution in [1.29, 1.82) is 0 Å². The van der Waals surface area contributed by atoms with Gasteiger partial charge < -0.3 is 19.8 Å². The fraction of sp³-hybridized carbons (Fsp3) is 0.839. The van der Waals surface area contributed by atoms with Crippen LogP contribution in [-0.2, 0) is 14.4 Å². The third kappa shape index (κ3) is 24.4. The van der Waals surface area contributed by atoms with Crippen LogP contribution in [0.5, 0.6) is 0 Å². The lowest BCUT2D eigenvalue weighted by Crippen LogP contribution is -2.51. The van der Waals surface area contributed by atoms with Gasteiger partial charge in [0.05, 0.1) is 26.2 Å². The SMILES string of the molecule is CCCC/C=C/CCCCCCCCCC[N+](CCCCC(=O)O)(CCCCC(=O)O)CCCCC(=O)O. The van der Waals surface area contributed by atoms with Gasteiger partial charge in [-0.1, -0.05) is 64.0 Å². The Labute approximate surface area is 232 Å². The Morgan fingerprint density at radius 2 is 0.789 bits per heavy atom. The highest BCUT2D eigenvalue weighted by Gasteiger charge is 2.26. The van der Waals surface area contributed by atoms with E-state index in [0.717, 1.165) is 56.3 Å². The highest BCUT2D eigenvalue weighted by Crippen LogP contribution is 2.19. The van der Waals surface area contributed by atoms with Crippen molar-refractivity contribution in [2.24, 2.45) is 0 Å². The summed E-state index contributed by atoms with van der Waals surface area (Å²) in [6, 6.07) is 0. The van der Waals surface area contributed by atoms with E-state index in [0.29, 0.717) is 19.3 Å². The number of allylic oxidation sites excluding steroid dienone is 2. The molecule has 7 heteroatoms. The van der Waals surface area contributed by atoms with E-state index in [4.69, 9.17) is 15.3 Å². The van der Waals surface area contributed by atoms with Gasteiger partial charge in [-0.05, 0) is 70.6 Å². The summed E-state index contributed by atoms with van der Waals surface area (Å²) in [7, 11) is 0. The molecule has 0 fully saturated rings. The van der Waals surface area contributed by atoms with Crippen LogP contribution >= 0.6 is 0 Å². The highest BCUT2D eigenvalue weighted by molar-refractivity contribution is 5.67. The molecule has 38 heavy (non-hydrogen) atoms. The zero-order valence-electron chi connectivity index (χ0n) is 24.3. The van der Waals surface area contributed by atoms with Crippen LogP contribution in [-0.4, -0.2) is 63.9 Å². The largest absolute Gasteiger partial charge is 0.481 e. The van der Waals surface area contributed by atoms with Gasteiger partial charge in [0.25, 0.3) is 0 Å². The maximum absolute atomic E-state index is 11.0. The molecule has 0 radical (unpaired) electrons. The Kier molecular flexibility index (Phi) is 24.1. The van der Waals surface area contributed by atoms with Gasteiger partial charge in [-0.15, -0.1) is 0 Å². The Bertz CT molecular complexity index is 579. The fourth-order valence-electron chi connectivity index (χ4n) is 5.17. The molecular weight excluding hydrogens is 482 g/mol. The standard InChI is InChI=1S/C31H57NO6/c1-2-3-4-5-6-7-8-9-10-11-12-13-14-18-25-32(26-19-15-22-29(33)34,27-20-16-23-30(35)36)28-21-17-24-31(37)38/h5-6H,2-4,7-28H2,1H3,(H2-,33,34,35,36,37,38)/p+1/b6-5+. The number of carboxylic acids is 3. The first-order chi connectivity index (χ1) is 18.3. The third-order valence-corrected chi connectivity index (χ3v) is 7.46. The number of rotatable bonds is 29. The van der Waals surface area contributed by atoms with Crippen molar-refractivity contribution in [3.63, 3.8) is 0 Å². The Balaban J connectivity index is 4.55. The van der Waals surface area contributed by atoms with Gasteiger partial charge in [0.15, 0.2) is 0 Å². The molecule has 3 N–H and O–H groups in total. The number of quaternary nitrogens is 1. The summed E-state index contributed by atoms with van der Waals surface area (Å²) in [5.74, 6) is -2.31. The molecule has 0 aliphatic heterocycles. The van der Waals surface area contributed by atoms with Crippen LogP contribution in [0.2, 0.25) is 0 Å². The summed E-state index contributed by atoms with van der Waals surface area (Å²) in [5.41, 5.74) is 0. The number of carbonyl (C=O) groups is 3. The molecule has 0 aromatic rings. The number of unbranched alkanes of at least 4 members (excludes halogenated alkanes) is 13. The molecule has 0 unspecified atom stereocenters. The van der Waals surface area contributed by atoms with Crippen LogP contribution in [0.15, 0.2) is 12.2 Å². The number of hydrogen-bond acceptors (Lipinski definition) is 3. The predicted molar refractivity (Wildman–Crippen MR) is 154 cm³/mol. The van der Waals surface area contributed by atoms with Crippen LogP contribution in [0.3, 0.4) is 0 Å². The van der Waals surface area contributed by atoms with E-state index in [9.17, 15) is 14.4 Å². The normalized spacial score (nSPS) is 11.8. The maximum atomic E-state index is 11.0. The van der Waals surface area contributed by atoms with Crippen molar-refractivity contribution in [2.45, 2.75) is 142 Å². The van der Waals surface area contributed by atoms with Crippen molar-refractivity contribution in [3.05, 3.63) is 12.2 Å². The molecule has 0 heterocycles. The lowest BCUT2D eigenvalue weighted by Gasteiger charge is -2.39. The van der Waals surface area contributed by atoms with E-state index in [-0.39, 0.29) is 19.3 Å². The topological polar surface area (TPSA) is 112 Å². The second-order valence-electron chi connectivity index (χ2n) is 11.0. The first kappa shape index (κ1) is 36.1. The molecule has 0 aromatic heterocycles. The summed E-state index contributed by atoms with van der Waals surface area (Å²) >= 11 is 0. The van der Waals surface area contributed by atoms with Crippen molar-refractivity contribution in [3.8, 4) is 0 Å². The molecule has 0 bridgehead atoms. The minimum atomic E-state index is -0.769. The molecule has 0 aromatic carbocycles. The van der Waals surface area contributed by atoms with Gasteiger partial charge in [-0.2, -0.15) is 0 Å². The van der Waals surface area contributed by atoms with E-state index >= 15 is 0 Å². The molecule has 0 atom stereocenters. The number of aliphatic carboxylic acids is 3. The van der Waals surface area contributed by atoms with Gasteiger partial charge in [0.2, 0.25) is 0 Å². The lowest BCUT2D eigenvalue weighted by atomic mass is 10.0. The quantitative estimate of drug-likeness (QED) is 0.0506. The van der Waals surface area contributed by atoms with Crippen molar-refractivity contribution in [1.82, 2.24) is 0 Å². The molecule has 0 rings (SSSR count). The summed E-state index contributed by atoms with van der Waals surface area (Å²) in [6.07, 6.45) is 24.6. The molecule has 0 saturated carbocycles. The maximum Gasteiger partial charge on any atom is 0.303 e. The smallest absolute Gasteiger partial charge is 0.303 e. The highest BCUT2D eigenvalue weighted by atomic mass is 16.4. The predicted octanol–water partition coefficient (Wildman–Crippen LogP) is 7.83. The summed E-state index contributed by atoms with van der Waals surface area (Å²) in [6.45, 7) is 5.91. The number of nitrogens with zero attached hydrogens (tertiary/aromatic N) is 1. The number of hydrogen-bond donors (Lipinski definition) is 3. The van der Waals surface area contributed by atoms with Gasteiger partial charge in [0, 0.05) is 19.3 Å². The molecular formula is C31H58NO6+. The zero-order valence-corrected chi connectivity index (χ0v) is 24.3. The lowest BCUT2D eigenvalue weighted by molar-refractivity contribution is -0.929. The first-order valence-electron chi connectivity index (χ1n) is 15.5. The average Bonchev–Trinajstić information content (AvgIpc) is 2.87. The van der Waals surface area contributed by atoms with Crippen LogP contribution in [0, 0.1) is 0 Å². The van der Waals surface area contributed by atoms with Crippen molar-refractivity contribution < 1.29 is 34.2 Å². The summed E-state index contributed by atoms with van der Waals surface area (Å²) < 4.78 is 0.866. The van der Waals surface area contributed by atoms with E-state index in [1.807, 2.05) is 0 Å². The molecule has 0 aliphatic rings. The van der Waals surface area contributed by atoms with Crippen molar-refractivity contribution >= 4 is 17.9 Å². The second-order valence-corrected chi connectivity index (χ2v) is 11.0. The molecule has 222 valence electrons. The van der Waals surface area contributed by atoms with Gasteiger partial charge in [0.1, 0.15) is 0 Å². The molecule has 0 aliphatic carbocycles. The average molecular weight is 541 g/mol. The van der Waals surface area contributed by atoms with E-state index in [2.05, 4.69) is 19.1 Å². The summed E-state index contributed by atoms with van der Waals surface area (Å²) in [5, 5.41) is 27.1. The van der Waals surface area contributed by atoms with E-state index < -0.39 is 17.9 Å². The van der Waals surface area contributed by atoms with E-state index in [1.54, 1.807) is 0 Å². The minimum Gasteiger partial charge on any atom is -0.481 e. The molecule has 0 spiro atoms. The van der Waals surface area contributed by atoms with Crippen LogP contribution in [0.25, 0.3) is 0 Å². The van der Waals surface area contributed by atoms with Gasteiger partial charge in [-0.3, -0.25) is 14.4 Å².